The van der Waals surface area contributed by atoms with Crippen molar-refractivity contribution < 1.29 is 22.8 Å². The fourth-order valence-corrected chi connectivity index (χ4v) is 3.37. The van der Waals surface area contributed by atoms with E-state index in [1.54, 1.807) is 30.3 Å². The van der Waals surface area contributed by atoms with E-state index in [2.05, 4.69) is 10.6 Å². The largest absolute Gasteiger partial charge is 0.416 e. The summed E-state index contributed by atoms with van der Waals surface area (Å²) in [7, 11) is 0. The third kappa shape index (κ3) is 5.93. The molecule has 4 nitrogen and oxygen atoms in total. The Balaban J connectivity index is 1.44. The molecule has 0 unspecified atom stereocenters. The Kier molecular flexibility index (Phi) is 6.89. The molecule has 0 spiro atoms. The van der Waals surface area contributed by atoms with Gasteiger partial charge in [-0.3, -0.25) is 9.59 Å². The molecule has 2 N–H and O–H groups in total. The van der Waals surface area contributed by atoms with E-state index in [0.717, 1.165) is 17.7 Å². The van der Waals surface area contributed by atoms with Crippen LogP contribution >= 0.6 is 11.3 Å². The summed E-state index contributed by atoms with van der Waals surface area (Å²) < 4.78 is 37.7. The molecule has 0 saturated carbocycles. The third-order valence-corrected chi connectivity index (χ3v) is 5.26. The summed E-state index contributed by atoms with van der Waals surface area (Å²) in [6.45, 7) is 0.662. The highest BCUT2D eigenvalue weighted by Crippen LogP contribution is 2.29. The van der Waals surface area contributed by atoms with Gasteiger partial charge in [0.25, 0.3) is 11.8 Å². The molecule has 0 aliphatic carbocycles. The van der Waals surface area contributed by atoms with Crippen molar-refractivity contribution in [3.05, 3.63) is 93.2 Å². The van der Waals surface area contributed by atoms with E-state index in [0.29, 0.717) is 35.5 Å². The normalized spacial score (nSPS) is 11.2. The zero-order valence-corrected chi connectivity index (χ0v) is 16.6. The first-order valence-electron chi connectivity index (χ1n) is 9.18. The maximum atomic E-state index is 12.6. The second-order valence-electron chi connectivity index (χ2n) is 6.56. The molecule has 0 aliphatic heterocycles. The van der Waals surface area contributed by atoms with Crippen LogP contribution in [0.2, 0.25) is 0 Å². The Morgan fingerprint density at radius 1 is 0.833 bits per heavy atom. The molecule has 0 saturated heterocycles. The molecule has 0 atom stereocenters. The topological polar surface area (TPSA) is 58.2 Å². The fraction of sp³-hybridized carbons (Fsp3) is 0.182. The first-order valence-corrected chi connectivity index (χ1v) is 10.1. The molecular weight excluding hydrogens is 413 g/mol. The van der Waals surface area contributed by atoms with Gasteiger partial charge >= 0.3 is 6.18 Å². The van der Waals surface area contributed by atoms with E-state index in [1.807, 2.05) is 11.4 Å². The van der Waals surface area contributed by atoms with Crippen molar-refractivity contribution in [2.45, 2.75) is 19.1 Å². The number of nitrogens with one attached hydrogen (secondary N) is 2. The number of carbonyl (C=O) groups is 2. The highest BCUT2D eigenvalue weighted by molar-refractivity contribution is 7.12. The second-order valence-corrected chi connectivity index (χ2v) is 7.51. The van der Waals surface area contributed by atoms with Gasteiger partial charge in [0, 0.05) is 18.7 Å². The van der Waals surface area contributed by atoms with E-state index < -0.39 is 11.7 Å². The molecule has 30 heavy (non-hydrogen) atoms. The van der Waals surface area contributed by atoms with Crippen molar-refractivity contribution in [3.8, 4) is 0 Å². The van der Waals surface area contributed by atoms with Gasteiger partial charge in [-0.2, -0.15) is 13.2 Å². The molecule has 1 aromatic heterocycles. The summed E-state index contributed by atoms with van der Waals surface area (Å²) in [5.41, 5.74) is 1.35. The van der Waals surface area contributed by atoms with Crippen LogP contribution in [0.4, 0.5) is 13.2 Å². The monoisotopic (exact) mass is 432 g/mol. The number of alkyl halides is 3. The van der Waals surface area contributed by atoms with Gasteiger partial charge < -0.3 is 10.6 Å². The second kappa shape index (κ2) is 9.58. The van der Waals surface area contributed by atoms with E-state index in [1.165, 1.54) is 23.5 Å². The highest BCUT2D eigenvalue weighted by atomic mass is 32.1. The molecule has 0 aliphatic rings. The Bertz CT molecular complexity index is 983. The van der Waals surface area contributed by atoms with Crippen LogP contribution in [-0.4, -0.2) is 18.4 Å². The van der Waals surface area contributed by atoms with E-state index in [9.17, 15) is 22.8 Å². The Labute approximate surface area is 175 Å². The van der Waals surface area contributed by atoms with E-state index >= 15 is 0 Å². The number of hydrogen-bond donors (Lipinski definition) is 2. The lowest BCUT2D eigenvalue weighted by atomic mass is 10.1. The van der Waals surface area contributed by atoms with Crippen LogP contribution in [0.5, 0.6) is 0 Å². The number of hydrogen-bond acceptors (Lipinski definition) is 3. The first kappa shape index (κ1) is 21.6. The van der Waals surface area contributed by atoms with Crippen molar-refractivity contribution in [3.63, 3.8) is 0 Å². The lowest BCUT2D eigenvalue weighted by Crippen LogP contribution is -2.26. The minimum Gasteiger partial charge on any atom is -0.352 e. The maximum absolute atomic E-state index is 12.6. The average molecular weight is 432 g/mol. The van der Waals surface area contributed by atoms with Gasteiger partial charge in [-0.15, -0.1) is 11.3 Å². The summed E-state index contributed by atoms with van der Waals surface area (Å²) in [4.78, 5) is 24.8. The number of benzene rings is 2. The van der Waals surface area contributed by atoms with Crippen LogP contribution in [-0.2, 0) is 19.1 Å². The highest BCUT2D eigenvalue weighted by Gasteiger charge is 2.29. The summed E-state index contributed by atoms with van der Waals surface area (Å²) >= 11 is 1.37. The van der Waals surface area contributed by atoms with Crippen molar-refractivity contribution in [1.82, 2.24) is 10.6 Å². The van der Waals surface area contributed by atoms with Gasteiger partial charge in [0.05, 0.1) is 10.4 Å². The summed E-state index contributed by atoms with van der Waals surface area (Å²) in [5.74, 6) is -0.411. The van der Waals surface area contributed by atoms with Crippen LogP contribution in [0.25, 0.3) is 0 Å². The molecule has 0 radical (unpaired) electrons. The van der Waals surface area contributed by atoms with Gasteiger partial charge in [-0.05, 0) is 53.3 Å². The molecule has 0 bridgehead atoms. The minimum absolute atomic E-state index is 0.143. The lowest BCUT2D eigenvalue weighted by Gasteiger charge is -2.09. The van der Waals surface area contributed by atoms with Gasteiger partial charge in [-0.1, -0.05) is 30.3 Å². The van der Waals surface area contributed by atoms with Crippen molar-refractivity contribution >= 4 is 23.2 Å². The van der Waals surface area contributed by atoms with Crippen molar-refractivity contribution in [2.24, 2.45) is 0 Å². The summed E-state index contributed by atoms with van der Waals surface area (Å²) in [6.07, 6.45) is -3.93. The lowest BCUT2D eigenvalue weighted by molar-refractivity contribution is -0.137. The first-order chi connectivity index (χ1) is 14.3. The zero-order chi connectivity index (χ0) is 21.6. The molecule has 2 amide bonds. The molecule has 3 rings (SSSR count). The zero-order valence-electron chi connectivity index (χ0n) is 15.8. The summed E-state index contributed by atoms with van der Waals surface area (Å²) in [6, 6.07) is 15.3. The number of thiophene rings is 1. The van der Waals surface area contributed by atoms with E-state index in [-0.39, 0.29) is 11.8 Å². The van der Waals surface area contributed by atoms with Crippen molar-refractivity contribution in [2.75, 3.05) is 6.54 Å². The predicted molar refractivity (Wildman–Crippen MR) is 109 cm³/mol. The minimum atomic E-state index is -4.36. The molecule has 3 aromatic rings. The van der Waals surface area contributed by atoms with Crippen LogP contribution in [0.15, 0.2) is 66.0 Å². The van der Waals surface area contributed by atoms with E-state index in [4.69, 9.17) is 0 Å². The predicted octanol–water partition coefficient (Wildman–Crippen LogP) is 4.67. The van der Waals surface area contributed by atoms with Gasteiger partial charge in [0.15, 0.2) is 0 Å². The molecule has 8 heteroatoms. The molecule has 2 aromatic carbocycles. The Morgan fingerprint density at radius 2 is 1.50 bits per heavy atom. The van der Waals surface area contributed by atoms with Gasteiger partial charge in [-0.25, -0.2) is 0 Å². The average Bonchev–Trinajstić information content (AvgIpc) is 3.27. The number of halogens is 3. The third-order valence-electron chi connectivity index (χ3n) is 4.39. The standard InChI is InChI=1S/C22H19F3N2O2S/c23-22(24,25)18-9-5-15(6-10-18)11-12-26-20(28)17-7-3-16(4-8-17)14-27-21(29)19-2-1-13-30-19/h1-10,13H,11-12,14H2,(H,26,28)(H,27,29). The smallest absolute Gasteiger partial charge is 0.352 e. The molecule has 1 heterocycles. The fourth-order valence-electron chi connectivity index (χ4n) is 2.73. The Hall–Kier alpha value is -3.13. The SMILES string of the molecule is O=C(NCCc1ccc(C(F)(F)F)cc1)c1ccc(CNC(=O)c2cccs2)cc1. The van der Waals surface area contributed by atoms with Crippen LogP contribution < -0.4 is 10.6 Å². The summed E-state index contributed by atoms with van der Waals surface area (Å²) in [5, 5.41) is 7.40. The van der Waals surface area contributed by atoms with Crippen LogP contribution in [0.3, 0.4) is 0 Å². The number of rotatable bonds is 7. The molecule has 0 fully saturated rings. The van der Waals surface area contributed by atoms with Gasteiger partial charge in [0.2, 0.25) is 0 Å². The quantitative estimate of drug-likeness (QED) is 0.570. The number of amides is 2. The Morgan fingerprint density at radius 3 is 2.10 bits per heavy atom. The maximum Gasteiger partial charge on any atom is 0.416 e. The van der Waals surface area contributed by atoms with Gasteiger partial charge in [0.1, 0.15) is 0 Å². The van der Waals surface area contributed by atoms with Crippen LogP contribution in [0, 0.1) is 0 Å². The van der Waals surface area contributed by atoms with Crippen LogP contribution in [0.1, 0.15) is 36.7 Å². The van der Waals surface area contributed by atoms with Crippen molar-refractivity contribution in [1.29, 1.82) is 0 Å². The molecular formula is C22H19F3N2O2S. The molecule has 156 valence electrons. The number of carbonyl (C=O) groups excluding carboxylic acids is 2.